The fourth-order valence-corrected chi connectivity index (χ4v) is 4.27. The summed E-state index contributed by atoms with van der Waals surface area (Å²) in [5.41, 5.74) is 4.50. The number of rotatable bonds is 7. The maximum atomic E-state index is 12.5. The topological polar surface area (TPSA) is 177 Å². The van der Waals surface area contributed by atoms with Gasteiger partial charge in [0.2, 0.25) is 11.5 Å². The molecule has 0 saturated carbocycles. The van der Waals surface area contributed by atoms with Crippen molar-refractivity contribution >= 4 is 58.2 Å². The minimum Gasteiger partial charge on any atom is -1.00 e. The Morgan fingerprint density at radius 2 is 2.28 bits per heavy atom. The average molecular weight is 454 g/mol. The van der Waals surface area contributed by atoms with Gasteiger partial charge in [0.1, 0.15) is 23.4 Å². The number of thioether (sulfide) groups is 1. The molecule has 2 aliphatic heterocycles. The third kappa shape index (κ3) is 4.42. The number of carboxylic acids is 1. The number of carbonyl (C=O) groups excluding carboxylic acids is 3. The number of nitrogens with zero attached hydrogens (tertiary/aromatic N) is 4. The van der Waals surface area contributed by atoms with Crippen molar-refractivity contribution in [3.05, 3.63) is 17.1 Å². The molecule has 2 amide bonds. The molecule has 3 heterocycles. The fraction of sp³-hybridized carbons (Fsp3) is 0.308. The van der Waals surface area contributed by atoms with Gasteiger partial charge < -0.3 is 22.4 Å². The minimum atomic E-state index is -1.42. The van der Waals surface area contributed by atoms with E-state index >= 15 is 0 Å². The zero-order valence-corrected chi connectivity index (χ0v) is 18.3. The first-order chi connectivity index (χ1) is 13.4. The Kier molecular flexibility index (Phi) is 7.70. The number of alkyl halides is 1. The fourth-order valence-electron chi connectivity index (χ4n) is 2.55. The second kappa shape index (κ2) is 9.62. The molecule has 1 aromatic heterocycles. The molecule has 0 radical (unpaired) electrons. The number of halogens is 1. The van der Waals surface area contributed by atoms with Crippen LogP contribution >= 0.6 is 23.3 Å². The number of carboxylic acid groups (broad SMARTS) is 1. The van der Waals surface area contributed by atoms with E-state index in [0.717, 1.165) is 28.2 Å². The van der Waals surface area contributed by atoms with E-state index in [1.54, 1.807) is 0 Å². The summed E-state index contributed by atoms with van der Waals surface area (Å²) in [4.78, 5) is 56.3. The second-order valence-corrected chi connectivity index (χ2v) is 7.18. The molecule has 2 unspecified atom stereocenters. The summed E-state index contributed by atoms with van der Waals surface area (Å²) in [7, 11) is 0. The quantitative estimate of drug-likeness (QED) is 0.120. The molecule has 1 fully saturated rings. The van der Waals surface area contributed by atoms with Gasteiger partial charge in [0, 0.05) is 22.9 Å². The van der Waals surface area contributed by atoms with Crippen LogP contribution in [-0.2, 0) is 24.0 Å². The molecule has 12 nitrogen and oxygen atoms in total. The number of β-lactam (4-membered cyclic amide) rings is 1. The molecule has 16 heteroatoms. The van der Waals surface area contributed by atoms with E-state index in [2.05, 4.69) is 24.7 Å². The van der Waals surface area contributed by atoms with E-state index in [1.165, 1.54) is 0 Å². The van der Waals surface area contributed by atoms with Crippen LogP contribution < -0.4 is 40.6 Å². The van der Waals surface area contributed by atoms with E-state index in [-0.39, 0.29) is 53.3 Å². The van der Waals surface area contributed by atoms with Gasteiger partial charge in [0.25, 0.3) is 18.7 Å². The van der Waals surface area contributed by atoms with E-state index in [9.17, 15) is 28.7 Å². The number of nitrogens with one attached hydrogen (secondary N) is 1. The smallest absolute Gasteiger partial charge is 1.00 e. The maximum Gasteiger partial charge on any atom is 1.00 e. The number of aldehydes is 1. The Balaban J connectivity index is 0.00000225. The summed E-state index contributed by atoms with van der Waals surface area (Å²) in [6.07, 6.45) is 0.378. The Morgan fingerprint density at radius 3 is 2.83 bits per heavy atom. The zero-order valence-electron chi connectivity index (χ0n) is 15.7. The molecule has 3 rings (SSSR count). The summed E-state index contributed by atoms with van der Waals surface area (Å²) in [5.74, 6) is -3.25. The number of hydrogen-bond acceptors (Lipinski definition) is 11. The monoisotopic (exact) mass is 454 g/mol. The van der Waals surface area contributed by atoms with Gasteiger partial charge in [-0.1, -0.05) is 5.16 Å². The normalized spacial score (nSPS) is 20.9. The predicted molar refractivity (Wildman–Crippen MR) is 94.8 cm³/mol. The number of fused-ring (bicyclic) bond motifs is 1. The van der Waals surface area contributed by atoms with Crippen molar-refractivity contribution < 1.29 is 64.5 Å². The second-order valence-electron chi connectivity index (χ2n) is 5.29. The molecule has 0 bridgehead atoms. The van der Waals surface area contributed by atoms with Crippen LogP contribution in [0.1, 0.15) is 7.25 Å². The van der Waals surface area contributed by atoms with E-state index in [1.807, 2.05) is 0 Å². The van der Waals surface area contributed by atoms with Gasteiger partial charge >= 0.3 is 35.5 Å². The van der Waals surface area contributed by atoms with Crippen molar-refractivity contribution in [3.8, 4) is 0 Å². The third-order valence-corrected chi connectivity index (χ3v) is 5.55. The van der Waals surface area contributed by atoms with Crippen LogP contribution in [0.15, 0.2) is 16.4 Å². The summed E-state index contributed by atoms with van der Waals surface area (Å²) >= 11 is 1.88. The predicted octanol–water partition coefficient (Wildman–Crippen LogP) is -4.18. The van der Waals surface area contributed by atoms with Gasteiger partial charge in [-0.05, 0) is 0 Å². The first kappa shape index (κ1) is 23.2. The van der Waals surface area contributed by atoms with Crippen molar-refractivity contribution in [2.45, 2.75) is 11.4 Å². The number of hydrogen-bond donors (Lipinski definition) is 3. The minimum absolute atomic E-state index is 0. The Hall–Kier alpha value is -2.07. The van der Waals surface area contributed by atoms with Crippen LogP contribution in [0.3, 0.4) is 0 Å². The Labute approximate surface area is 193 Å². The van der Waals surface area contributed by atoms with Gasteiger partial charge in [-0.2, -0.15) is 9.36 Å². The van der Waals surface area contributed by atoms with Gasteiger partial charge in [-0.15, -0.1) is 11.8 Å². The van der Waals surface area contributed by atoms with Crippen LogP contribution in [0.5, 0.6) is 0 Å². The van der Waals surface area contributed by atoms with Gasteiger partial charge in [0.05, 0.1) is 0 Å². The van der Waals surface area contributed by atoms with E-state index in [4.69, 9.17) is 5.73 Å². The maximum absolute atomic E-state index is 12.5. The number of anilines is 1. The van der Waals surface area contributed by atoms with Crippen molar-refractivity contribution in [2.75, 3.05) is 18.3 Å². The average Bonchev–Trinajstić information content (AvgIpc) is 3.10. The SMILES string of the molecule is Nc1nc(/C(=N/OCF)C(=O)NC2C(=O)N3C(C(=O)O)=C(C=O)CSC23)ns1.[H-].[Na+]. The van der Waals surface area contributed by atoms with Crippen molar-refractivity contribution in [2.24, 2.45) is 5.16 Å². The first-order valence-electron chi connectivity index (χ1n) is 7.41. The van der Waals surface area contributed by atoms with Crippen molar-refractivity contribution in [3.63, 3.8) is 0 Å². The molecule has 1 aromatic rings. The number of carbonyl (C=O) groups is 4. The summed E-state index contributed by atoms with van der Waals surface area (Å²) in [6.45, 7) is -1.31. The van der Waals surface area contributed by atoms with Crippen LogP contribution in [0.4, 0.5) is 9.52 Å². The standard InChI is InChI=1S/C13H11FN6O6S2.Na.H/c14-3-26-18-5(8-17-13(15)28-19-8)9(22)16-6-10(23)20-7(12(24)25)4(1-21)2-27-11(6)20;;/h1,6,11H,2-3H2,(H,16,22)(H,24,25)(H2,15,17,19);;/q;+1;-1/b18-5-;;. The number of nitrogen functional groups attached to an aromatic ring is 1. The zero-order chi connectivity index (χ0) is 20.4. The molecule has 29 heavy (non-hydrogen) atoms. The van der Waals surface area contributed by atoms with Crippen LogP contribution in [-0.4, -0.2) is 73.2 Å². The molecule has 150 valence electrons. The van der Waals surface area contributed by atoms with Gasteiger partial charge in [-0.25, -0.2) is 9.18 Å². The van der Waals surface area contributed by atoms with Crippen LogP contribution in [0, 0.1) is 0 Å². The molecular weight excluding hydrogens is 442 g/mol. The summed E-state index contributed by atoms with van der Waals surface area (Å²) in [6, 6.07) is -1.09. The molecule has 0 aromatic carbocycles. The third-order valence-electron chi connectivity index (χ3n) is 3.70. The van der Waals surface area contributed by atoms with E-state index in [0.29, 0.717) is 6.29 Å². The first-order valence-corrected chi connectivity index (χ1v) is 9.23. The Bertz CT molecular complexity index is 930. The molecule has 2 aliphatic rings. The molecule has 1 saturated heterocycles. The summed E-state index contributed by atoms with van der Waals surface area (Å²) in [5, 5.41) is 14.3. The van der Waals surface area contributed by atoms with Crippen LogP contribution in [0.2, 0.25) is 0 Å². The molecule has 0 aliphatic carbocycles. The molecule has 0 spiro atoms. The van der Waals surface area contributed by atoms with Crippen LogP contribution in [0.25, 0.3) is 0 Å². The van der Waals surface area contributed by atoms with Crippen molar-refractivity contribution in [1.82, 2.24) is 19.6 Å². The van der Waals surface area contributed by atoms with Gasteiger partial charge in [0.15, 0.2) is 5.13 Å². The largest absolute Gasteiger partial charge is 1.00 e. The number of nitrogens with two attached hydrogens (primary N) is 1. The molecule has 4 N–H and O–H groups in total. The summed E-state index contributed by atoms with van der Waals surface area (Å²) < 4.78 is 16.1. The number of aromatic nitrogens is 2. The van der Waals surface area contributed by atoms with Gasteiger partial charge in [-0.3, -0.25) is 19.3 Å². The molecular formula is C13H12FN6NaO6S2. The van der Waals surface area contributed by atoms with Crippen molar-refractivity contribution in [1.29, 1.82) is 0 Å². The number of aliphatic carboxylic acids is 1. The molecule has 2 atom stereocenters. The Morgan fingerprint density at radius 1 is 1.55 bits per heavy atom. The van der Waals surface area contributed by atoms with E-state index < -0.39 is 47.5 Å². The number of amides is 2. The number of oxime groups is 1.